The Kier molecular flexibility index (Phi) is 4.68. The number of aromatic nitrogens is 5. The van der Waals surface area contributed by atoms with Gasteiger partial charge in [-0.25, -0.2) is 14.6 Å². The zero-order chi connectivity index (χ0) is 13.7. The van der Waals surface area contributed by atoms with Gasteiger partial charge >= 0.3 is 0 Å². The molecule has 19 heavy (non-hydrogen) atoms. The van der Waals surface area contributed by atoms with Gasteiger partial charge < -0.3 is 10.3 Å². The highest BCUT2D eigenvalue weighted by atomic mass is 15.3. The van der Waals surface area contributed by atoms with Gasteiger partial charge in [-0.2, -0.15) is 5.10 Å². The largest absolute Gasteiger partial charge is 0.347 e. The van der Waals surface area contributed by atoms with E-state index < -0.39 is 0 Å². The van der Waals surface area contributed by atoms with Crippen LogP contribution in [-0.2, 0) is 13.0 Å². The highest BCUT2D eigenvalue weighted by molar-refractivity contribution is 5.01. The molecule has 0 radical (unpaired) electrons. The van der Waals surface area contributed by atoms with Gasteiger partial charge in [-0.3, -0.25) is 0 Å². The zero-order valence-corrected chi connectivity index (χ0v) is 11.8. The van der Waals surface area contributed by atoms with Crippen LogP contribution in [0.4, 0.5) is 0 Å². The molecule has 6 nitrogen and oxygen atoms in total. The van der Waals surface area contributed by atoms with Crippen molar-refractivity contribution in [3.8, 4) is 0 Å². The normalized spacial score (nSPS) is 13.1. The Morgan fingerprint density at radius 2 is 2.21 bits per heavy atom. The van der Waals surface area contributed by atoms with Crippen LogP contribution in [0.25, 0.3) is 0 Å². The maximum absolute atomic E-state index is 4.37. The van der Waals surface area contributed by atoms with Crippen molar-refractivity contribution in [3.63, 3.8) is 0 Å². The topological polar surface area (TPSA) is 71.4 Å². The fourth-order valence-corrected chi connectivity index (χ4v) is 2.11. The van der Waals surface area contributed by atoms with E-state index >= 15 is 0 Å². The molecule has 0 bridgehead atoms. The number of H-pyrrole nitrogens is 1. The summed E-state index contributed by atoms with van der Waals surface area (Å²) in [5.74, 6) is 2.50. The summed E-state index contributed by atoms with van der Waals surface area (Å²) >= 11 is 0. The first-order valence-corrected chi connectivity index (χ1v) is 6.80. The fraction of sp³-hybridized carbons (Fsp3) is 0.615. The van der Waals surface area contributed by atoms with Crippen LogP contribution < -0.4 is 5.32 Å². The summed E-state index contributed by atoms with van der Waals surface area (Å²) in [5, 5.41) is 7.73. The second-order valence-corrected chi connectivity index (χ2v) is 5.04. The highest BCUT2D eigenvalue weighted by Gasteiger charge is 2.17. The summed E-state index contributed by atoms with van der Waals surface area (Å²) in [6.07, 6.45) is 6.04. The van der Waals surface area contributed by atoms with Crippen molar-refractivity contribution in [2.75, 3.05) is 6.54 Å². The molecule has 0 aromatic carbocycles. The van der Waals surface area contributed by atoms with E-state index in [2.05, 4.69) is 46.1 Å². The highest BCUT2D eigenvalue weighted by Crippen LogP contribution is 2.14. The van der Waals surface area contributed by atoms with Crippen molar-refractivity contribution < 1.29 is 0 Å². The number of hydrogen-bond donors (Lipinski definition) is 2. The summed E-state index contributed by atoms with van der Waals surface area (Å²) < 4.78 is 1.98. The number of nitrogens with one attached hydrogen (secondary N) is 2. The number of imidazole rings is 1. The van der Waals surface area contributed by atoms with E-state index in [4.69, 9.17) is 0 Å². The van der Waals surface area contributed by atoms with Crippen molar-refractivity contribution in [2.45, 2.75) is 39.8 Å². The number of nitrogens with zero attached hydrogens (tertiary/aromatic N) is 4. The monoisotopic (exact) mass is 262 g/mol. The average Bonchev–Trinajstić information content (AvgIpc) is 3.00. The Morgan fingerprint density at radius 1 is 1.37 bits per heavy atom. The summed E-state index contributed by atoms with van der Waals surface area (Å²) in [6.45, 7) is 8.24. The molecule has 0 fully saturated rings. The van der Waals surface area contributed by atoms with Crippen molar-refractivity contribution >= 4 is 0 Å². The molecule has 0 aliphatic heterocycles. The summed E-state index contributed by atoms with van der Waals surface area (Å²) in [5.41, 5.74) is 0. The molecule has 2 rings (SSSR count). The molecule has 2 aromatic rings. The van der Waals surface area contributed by atoms with Crippen molar-refractivity contribution in [3.05, 3.63) is 30.4 Å². The SMILES string of the molecule is CCNC(Cc1ncnn1CC(C)C)c1ncc[nH]1. The van der Waals surface area contributed by atoms with Crippen molar-refractivity contribution in [1.29, 1.82) is 0 Å². The van der Waals surface area contributed by atoms with Crippen LogP contribution in [0, 0.1) is 5.92 Å². The van der Waals surface area contributed by atoms with E-state index in [1.165, 1.54) is 0 Å². The van der Waals surface area contributed by atoms with Gasteiger partial charge in [0.1, 0.15) is 18.0 Å². The lowest BCUT2D eigenvalue weighted by atomic mass is 10.1. The third-order valence-corrected chi connectivity index (χ3v) is 2.92. The third kappa shape index (κ3) is 3.64. The van der Waals surface area contributed by atoms with Crippen LogP contribution in [0.2, 0.25) is 0 Å². The number of hydrogen-bond acceptors (Lipinski definition) is 4. The van der Waals surface area contributed by atoms with Crippen LogP contribution in [0.15, 0.2) is 18.7 Å². The molecule has 0 saturated carbocycles. The molecule has 0 aliphatic carbocycles. The average molecular weight is 262 g/mol. The Balaban J connectivity index is 2.11. The lowest BCUT2D eigenvalue weighted by Crippen LogP contribution is -2.26. The van der Waals surface area contributed by atoms with Gasteiger partial charge in [-0.1, -0.05) is 20.8 Å². The first kappa shape index (κ1) is 13.7. The number of likely N-dealkylation sites (N-methyl/N-ethyl adjacent to an activating group) is 1. The molecule has 0 spiro atoms. The number of aromatic amines is 1. The van der Waals surface area contributed by atoms with Gasteiger partial charge in [0.2, 0.25) is 0 Å². The maximum atomic E-state index is 4.37. The quantitative estimate of drug-likeness (QED) is 0.794. The maximum Gasteiger partial charge on any atom is 0.138 e. The van der Waals surface area contributed by atoms with Gasteiger partial charge in [-0.05, 0) is 12.5 Å². The molecule has 0 amide bonds. The predicted molar refractivity (Wildman–Crippen MR) is 73.6 cm³/mol. The third-order valence-electron chi connectivity index (χ3n) is 2.92. The molecule has 2 aromatic heterocycles. The molecule has 1 unspecified atom stereocenters. The van der Waals surface area contributed by atoms with Crippen LogP contribution in [0.1, 0.15) is 38.5 Å². The second-order valence-electron chi connectivity index (χ2n) is 5.04. The first-order chi connectivity index (χ1) is 9.20. The van der Waals surface area contributed by atoms with E-state index in [9.17, 15) is 0 Å². The van der Waals surface area contributed by atoms with Gasteiger partial charge in [0.15, 0.2) is 0 Å². The molecular weight excluding hydrogens is 240 g/mol. The summed E-state index contributed by atoms with van der Waals surface area (Å²) in [6, 6.07) is 0.148. The molecule has 2 N–H and O–H groups in total. The van der Waals surface area contributed by atoms with E-state index in [-0.39, 0.29) is 6.04 Å². The van der Waals surface area contributed by atoms with Crippen LogP contribution in [-0.4, -0.2) is 31.3 Å². The van der Waals surface area contributed by atoms with Crippen LogP contribution in [0.5, 0.6) is 0 Å². The summed E-state index contributed by atoms with van der Waals surface area (Å²) in [4.78, 5) is 11.9. The van der Waals surface area contributed by atoms with Gasteiger partial charge in [0.25, 0.3) is 0 Å². The molecular formula is C13H22N6. The lowest BCUT2D eigenvalue weighted by molar-refractivity contribution is 0.442. The molecule has 6 heteroatoms. The zero-order valence-electron chi connectivity index (χ0n) is 11.8. The van der Waals surface area contributed by atoms with Crippen LogP contribution >= 0.6 is 0 Å². The van der Waals surface area contributed by atoms with E-state index in [0.717, 1.165) is 31.2 Å². The van der Waals surface area contributed by atoms with Gasteiger partial charge in [0, 0.05) is 25.4 Å². The molecule has 104 valence electrons. The minimum atomic E-state index is 0.148. The minimum Gasteiger partial charge on any atom is -0.347 e. The Labute approximate surface area is 113 Å². The number of rotatable bonds is 7. The van der Waals surface area contributed by atoms with E-state index in [0.29, 0.717) is 5.92 Å². The minimum absolute atomic E-state index is 0.148. The van der Waals surface area contributed by atoms with Crippen molar-refractivity contribution in [2.24, 2.45) is 5.92 Å². The molecule has 0 aliphatic rings. The van der Waals surface area contributed by atoms with Gasteiger partial charge in [0.05, 0.1) is 6.04 Å². The van der Waals surface area contributed by atoms with E-state index in [1.807, 2.05) is 10.9 Å². The van der Waals surface area contributed by atoms with Gasteiger partial charge in [-0.15, -0.1) is 0 Å². The first-order valence-electron chi connectivity index (χ1n) is 6.80. The van der Waals surface area contributed by atoms with E-state index in [1.54, 1.807) is 12.5 Å². The Morgan fingerprint density at radius 3 is 2.84 bits per heavy atom. The smallest absolute Gasteiger partial charge is 0.138 e. The van der Waals surface area contributed by atoms with Crippen LogP contribution in [0.3, 0.4) is 0 Å². The summed E-state index contributed by atoms with van der Waals surface area (Å²) in [7, 11) is 0. The molecule has 1 atom stereocenters. The second kappa shape index (κ2) is 6.47. The standard InChI is InChI=1S/C13H22N6/c1-4-14-11(13-15-5-6-16-13)7-12-17-9-18-19(12)8-10(2)3/h5-6,9-11,14H,4,7-8H2,1-3H3,(H,15,16). The predicted octanol–water partition coefficient (Wildman–Crippen LogP) is 1.55. The molecule has 0 saturated heterocycles. The molecule has 2 heterocycles. The Bertz CT molecular complexity index is 473. The fourth-order valence-electron chi connectivity index (χ4n) is 2.11. The lowest BCUT2D eigenvalue weighted by Gasteiger charge is -2.16. The Hall–Kier alpha value is -1.69. The van der Waals surface area contributed by atoms with Crippen molar-refractivity contribution in [1.82, 2.24) is 30.0 Å².